The number of unbranched alkanes of at least 4 members (excludes halogenated alkanes) is 21. The number of nitrogens with zero attached hydrogens (tertiary/aromatic N) is 1. The second-order valence-electron chi connectivity index (χ2n) is 16.6. The fourth-order valence-electron chi connectivity index (χ4n) is 8.18. The molecule has 4 nitrogen and oxygen atoms in total. The summed E-state index contributed by atoms with van der Waals surface area (Å²) in [5.41, 5.74) is 0. The number of fused-ring (bicyclic) bond motifs is 1. The largest absolute Gasteiger partial charge is 0.344 e. The van der Waals surface area contributed by atoms with E-state index in [1.165, 1.54) is 161 Å². The predicted molar refractivity (Wildman–Crippen MR) is 221 cm³/mol. The van der Waals surface area contributed by atoms with Crippen LogP contribution in [0.15, 0.2) is 36.5 Å². The highest BCUT2D eigenvalue weighted by Gasteiger charge is 2.51. The Morgan fingerprint density at radius 2 is 0.922 bits per heavy atom. The van der Waals surface area contributed by atoms with Crippen molar-refractivity contribution in [3.8, 4) is 0 Å². The molecule has 1 aliphatic heterocycles. The van der Waals surface area contributed by atoms with Crippen molar-refractivity contribution in [3.63, 3.8) is 0 Å². The first-order valence-corrected chi connectivity index (χ1v) is 22.4. The molecule has 2 unspecified atom stereocenters. The number of likely N-dealkylation sites (N-methyl/N-ethyl adjacent to an activating group) is 1. The summed E-state index contributed by atoms with van der Waals surface area (Å²) < 4.78 is 13.7. The van der Waals surface area contributed by atoms with E-state index in [1.54, 1.807) is 0 Å². The zero-order valence-electron chi connectivity index (χ0n) is 34.5. The molecule has 0 N–H and O–H groups in total. The summed E-state index contributed by atoms with van der Waals surface area (Å²) in [6.45, 7) is 5.10. The molecule has 51 heavy (non-hydrogen) atoms. The molecule has 4 heteroatoms. The van der Waals surface area contributed by atoms with Gasteiger partial charge in [-0.05, 0) is 103 Å². The molecule has 1 heterocycles. The number of carbonyl (C=O) groups is 1. The number of Topliss-reactive ketones (excluding diaryl/α,β-unsaturated/α-hetero) is 1. The predicted octanol–water partition coefficient (Wildman–Crippen LogP) is 14.0. The molecule has 1 aliphatic carbocycles. The molecule has 1 saturated carbocycles. The van der Waals surface area contributed by atoms with Gasteiger partial charge in [0.2, 0.25) is 0 Å². The van der Waals surface area contributed by atoms with Crippen LogP contribution in [-0.4, -0.2) is 49.3 Å². The number of allylic oxidation sites excluding steroid dienone is 6. The van der Waals surface area contributed by atoms with E-state index in [-0.39, 0.29) is 18.0 Å². The Bertz CT molecular complexity index is 893. The molecule has 2 rings (SSSR count). The van der Waals surface area contributed by atoms with Gasteiger partial charge in [-0.2, -0.15) is 0 Å². The van der Waals surface area contributed by atoms with Crippen LogP contribution in [0.4, 0.5) is 0 Å². The number of carbonyl (C=O) groups excluding carboxylic acids is 1. The first-order valence-electron chi connectivity index (χ1n) is 22.4. The summed E-state index contributed by atoms with van der Waals surface area (Å²) >= 11 is 0. The van der Waals surface area contributed by atoms with Crippen molar-refractivity contribution >= 4 is 5.78 Å². The van der Waals surface area contributed by atoms with Crippen molar-refractivity contribution in [2.45, 2.75) is 231 Å². The van der Waals surface area contributed by atoms with Crippen LogP contribution in [0.2, 0.25) is 0 Å². The molecule has 2 aliphatic rings. The standard InChI is InChI=1S/C47H85NO3/c1-5-7-9-11-13-15-17-19-21-23-25-27-29-31-33-35-37-47(50-45-40-43(41-46(45)51-47)39-44(49)42-48(3)4)38-36-34-32-30-28-26-24-22-20-18-16-14-12-10-8-6-2/h13,15,19-22,43,45-46H,5-12,14,16-18,23-42H2,1-4H3/b15-13-,21-19-,22-20-/t43?,45-,46+,47?. The first kappa shape index (κ1) is 45.9. The van der Waals surface area contributed by atoms with Crippen molar-refractivity contribution < 1.29 is 14.3 Å². The molecule has 1 saturated heterocycles. The van der Waals surface area contributed by atoms with Crippen LogP contribution in [0.3, 0.4) is 0 Å². The molecular weight excluding hydrogens is 627 g/mol. The minimum Gasteiger partial charge on any atom is -0.344 e. The molecule has 0 spiro atoms. The third kappa shape index (κ3) is 23.9. The lowest BCUT2D eigenvalue weighted by molar-refractivity contribution is -0.193. The number of hydrogen-bond donors (Lipinski definition) is 0. The highest BCUT2D eigenvalue weighted by Crippen LogP contribution is 2.46. The SMILES string of the molecule is CCCCC/C=C\C/C=C\CCCCCCCCC1(CCCCCCCC/C=C\CCCCCCCC)O[C@H]2CC(CC(=O)CN(C)C)C[C@H]2O1. The van der Waals surface area contributed by atoms with Gasteiger partial charge in [-0.25, -0.2) is 0 Å². The van der Waals surface area contributed by atoms with Crippen LogP contribution >= 0.6 is 0 Å². The summed E-state index contributed by atoms with van der Waals surface area (Å²) in [5, 5.41) is 0. The van der Waals surface area contributed by atoms with Gasteiger partial charge in [0, 0.05) is 19.3 Å². The van der Waals surface area contributed by atoms with Crippen LogP contribution in [-0.2, 0) is 14.3 Å². The van der Waals surface area contributed by atoms with E-state index < -0.39 is 0 Å². The van der Waals surface area contributed by atoms with E-state index in [0.29, 0.717) is 24.7 Å². The van der Waals surface area contributed by atoms with Crippen LogP contribution in [0.1, 0.15) is 213 Å². The van der Waals surface area contributed by atoms with Crippen molar-refractivity contribution in [2.75, 3.05) is 20.6 Å². The Morgan fingerprint density at radius 1 is 0.549 bits per heavy atom. The van der Waals surface area contributed by atoms with Gasteiger partial charge < -0.3 is 14.4 Å². The van der Waals surface area contributed by atoms with E-state index in [9.17, 15) is 4.79 Å². The van der Waals surface area contributed by atoms with Crippen molar-refractivity contribution in [1.29, 1.82) is 0 Å². The van der Waals surface area contributed by atoms with Gasteiger partial charge in [0.15, 0.2) is 5.79 Å². The number of hydrogen-bond acceptors (Lipinski definition) is 4. The summed E-state index contributed by atoms with van der Waals surface area (Å²) in [7, 11) is 3.96. The van der Waals surface area contributed by atoms with Crippen LogP contribution in [0.25, 0.3) is 0 Å². The van der Waals surface area contributed by atoms with Crippen LogP contribution in [0.5, 0.6) is 0 Å². The molecule has 0 aromatic carbocycles. The molecule has 0 amide bonds. The lowest BCUT2D eigenvalue weighted by Gasteiger charge is -2.30. The Balaban J connectivity index is 1.62. The average molecular weight is 712 g/mol. The Hall–Kier alpha value is -1.23. The minimum absolute atomic E-state index is 0.181. The molecule has 0 aromatic rings. The lowest BCUT2D eigenvalue weighted by atomic mass is 9.97. The molecule has 0 bridgehead atoms. The molecule has 0 aromatic heterocycles. The van der Waals surface area contributed by atoms with E-state index in [1.807, 2.05) is 19.0 Å². The quantitative estimate of drug-likeness (QED) is 0.0485. The Morgan fingerprint density at radius 3 is 1.37 bits per heavy atom. The third-order valence-corrected chi connectivity index (χ3v) is 11.1. The first-order chi connectivity index (χ1) is 25.0. The zero-order valence-corrected chi connectivity index (χ0v) is 34.5. The fourth-order valence-corrected chi connectivity index (χ4v) is 8.18. The fraction of sp³-hybridized carbons (Fsp3) is 0.851. The summed E-state index contributed by atoms with van der Waals surface area (Å²) in [6.07, 6.45) is 53.3. The maximum absolute atomic E-state index is 12.5. The molecule has 4 atom stereocenters. The van der Waals surface area contributed by atoms with E-state index in [4.69, 9.17) is 9.47 Å². The Labute approximate surface area is 318 Å². The van der Waals surface area contributed by atoms with Gasteiger partial charge in [0.1, 0.15) is 5.78 Å². The van der Waals surface area contributed by atoms with Crippen molar-refractivity contribution in [2.24, 2.45) is 5.92 Å². The number of rotatable bonds is 35. The normalized spacial score (nSPS) is 22.1. The maximum Gasteiger partial charge on any atom is 0.169 e. The topological polar surface area (TPSA) is 38.8 Å². The highest BCUT2D eigenvalue weighted by atomic mass is 16.8. The van der Waals surface area contributed by atoms with Crippen molar-refractivity contribution in [3.05, 3.63) is 36.5 Å². The van der Waals surface area contributed by atoms with E-state index in [2.05, 4.69) is 50.3 Å². The molecule has 2 fully saturated rings. The van der Waals surface area contributed by atoms with Crippen molar-refractivity contribution in [1.82, 2.24) is 4.90 Å². The van der Waals surface area contributed by atoms with Gasteiger partial charge in [-0.15, -0.1) is 0 Å². The van der Waals surface area contributed by atoms with Gasteiger partial charge >= 0.3 is 0 Å². The number of ketones is 1. The molecular formula is C47H85NO3. The maximum atomic E-state index is 12.5. The summed E-state index contributed by atoms with van der Waals surface area (Å²) in [5.74, 6) is 0.378. The van der Waals surface area contributed by atoms with E-state index >= 15 is 0 Å². The summed E-state index contributed by atoms with van der Waals surface area (Å²) in [6, 6.07) is 0. The summed E-state index contributed by atoms with van der Waals surface area (Å²) in [4.78, 5) is 14.5. The van der Waals surface area contributed by atoms with Gasteiger partial charge in [0.05, 0.1) is 18.8 Å². The third-order valence-electron chi connectivity index (χ3n) is 11.1. The smallest absolute Gasteiger partial charge is 0.169 e. The van der Waals surface area contributed by atoms with Gasteiger partial charge in [0.25, 0.3) is 0 Å². The molecule has 296 valence electrons. The van der Waals surface area contributed by atoms with Gasteiger partial charge in [-0.3, -0.25) is 4.79 Å². The van der Waals surface area contributed by atoms with Crippen LogP contribution in [0, 0.1) is 5.92 Å². The Kier molecular flexibility index (Phi) is 28.1. The second kappa shape index (κ2) is 31.2. The minimum atomic E-state index is -0.385. The molecule has 0 radical (unpaired) electrons. The average Bonchev–Trinajstić information content (AvgIpc) is 3.62. The van der Waals surface area contributed by atoms with E-state index in [0.717, 1.165) is 32.1 Å². The number of ether oxygens (including phenoxy) is 2. The monoisotopic (exact) mass is 712 g/mol. The highest BCUT2D eigenvalue weighted by molar-refractivity contribution is 5.80. The zero-order chi connectivity index (χ0) is 36.7. The van der Waals surface area contributed by atoms with Crippen LogP contribution < -0.4 is 0 Å². The second-order valence-corrected chi connectivity index (χ2v) is 16.6. The van der Waals surface area contributed by atoms with Gasteiger partial charge in [-0.1, -0.05) is 147 Å². The lowest BCUT2D eigenvalue weighted by Crippen LogP contribution is -2.32.